The van der Waals surface area contributed by atoms with Gasteiger partial charge in [-0.2, -0.15) is 11.8 Å². The van der Waals surface area contributed by atoms with Gasteiger partial charge in [-0.1, -0.05) is 32.0 Å². The summed E-state index contributed by atoms with van der Waals surface area (Å²) in [4.78, 5) is 4.51. The predicted octanol–water partition coefficient (Wildman–Crippen LogP) is 3.43. The zero-order valence-corrected chi connectivity index (χ0v) is 13.3. The zero-order chi connectivity index (χ0) is 14.4. The van der Waals surface area contributed by atoms with E-state index in [1.807, 2.05) is 11.8 Å². The molecule has 1 aliphatic heterocycles. The quantitative estimate of drug-likeness (QED) is 0.645. The maximum absolute atomic E-state index is 6.06. The Morgan fingerprint density at radius 2 is 2.05 bits per heavy atom. The first-order valence-electron chi connectivity index (χ1n) is 7.53. The van der Waals surface area contributed by atoms with Crippen molar-refractivity contribution in [1.82, 2.24) is 0 Å². The van der Waals surface area contributed by atoms with E-state index in [2.05, 4.69) is 42.4 Å². The van der Waals surface area contributed by atoms with E-state index in [1.165, 1.54) is 29.7 Å². The molecule has 0 aromatic heterocycles. The van der Waals surface area contributed by atoms with E-state index in [-0.39, 0.29) is 0 Å². The average Bonchev–Trinajstić information content (AvgIpc) is 2.98. The minimum Gasteiger partial charge on any atom is -0.370 e. The van der Waals surface area contributed by atoms with Crippen molar-refractivity contribution in [2.24, 2.45) is 10.7 Å². The maximum atomic E-state index is 6.06. The first-order valence-corrected chi connectivity index (χ1v) is 8.58. The van der Waals surface area contributed by atoms with Gasteiger partial charge in [0.1, 0.15) is 0 Å². The molecule has 0 radical (unpaired) electrons. The lowest BCUT2D eigenvalue weighted by Crippen LogP contribution is -2.25. The molecule has 1 atom stereocenters. The van der Waals surface area contributed by atoms with Crippen LogP contribution in [0.2, 0.25) is 0 Å². The number of benzene rings is 1. The molecule has 20 heavy (non-hydrogen) atoms. The molecular formula is C16H25N3S. The normalized spacial score (nSPS) is 19.3. The zero-order valence-electron chi connectivity index (χ0n) is 12.5. The molecule has 1 aromatic carbocycles. The fourth-order valence-corrected chi connectivity index (χ4v) is 3.74. The smallest absolute Gasteiger partial charge is 0.193 e. The number of thioether (sulfide) groups is 1. The summed E-state index contributed by atoms with van der Waals surface area (Å²) in [6.45, 7) is 5.17. The molecule has 2 rings (SSSR count). The summed E-state index contributed by atoms with van der Waals surface area (Å²) in [6, 6.07) is 6.43. The van der Waals surface area contributed by atoms with Crippen LogP contribution in [0.5, 0.6) is 0 Å². The fourth-order valence-electron chi connectivity index (χ4n) is 2.56. The van der Waals surface area contributed by atoms with E-state index < -0.39 is 0 Å². The highest BCUT2D eigenvalue weighted by Gasteiger charge is 2.15. The summed E-state index contributed by atoms with van der Waals surface area (Å²) in [5, 5.41) is 3.98. The number of aryl methyl sites for hydroxylation is 2. The number of guanidine groups is 1. The standard InChI is InChI=1S/C16H25N3S/c1-3-12-7-5-8-13(4-2)15(12)19-16(17)18-11-14-9-6-10-20-14/h5,7-8,14H,3-4,6,9-11H2,1-2H3,(H3,17,18,19). The molecule has 3 nitrogen and oxygen atoms in total. The van der Waals surface area contributed by atoms with Gasteiger partial charge >= 0.3 is 0 Å². The van der Waals surface area contributed by atoms with Crippen molar-refractivity contribution in [2.45, 2.75) is 44.8 Å². The van der Waals surface area contributed by atoms with Crippen LogP contribution in [0, 0.1) is 0 Å². The van der Waals surface area contributed by atoms with Crippen LogP contribution in [0.25, 0.3) is 0 Å². The monoisotopic (exact) mass is 291 g/mol. The highest BCUT2D eigenvalue weighted by atomic mass is 32.2. The Morgan fingerprint density at radius 3 is 2.60 bits per heavy atom. The third-order valence-electron chi connectivity index (χ3n) is 3.74. The molecule has 0 saturated carbocycles. The lowest BCUT2D eigenvalue weighted by Gasteiger charge is -2.15. The van der Waals surface area contributed by atoms with Crippen molar-refractivity contribution in [1.29, 1.82) is 0 Å². The van der Waals surface area contributed by atoms with Gasteiger partial charge in [0.2, 0.25) is 0 Å². The SMILES string of the molecule is CCc1cccc(CC)c1NC(N)=NCC1CCCS1. The second-order valence-corrected chi connectivity index (χ2v) is 6.55. The lowest BCUT2D eigenvalue weighted by molar-refractivity contribution is 0.786. The van der Waals surface area contributed by atoms with Crippen LogP contribution in [-0.2, 0) is 12.8 Å². The Bertz CT molecular complexity index is 443. The Labute approximate surface area is 126 Å². The summed E-state index contributed by atoms with van der Waals surface area (Å²) in [6.07, 6.45) is 4.59. The number of anilines is 1. The van der Waals surface area contributed by atoms with E-state index >= 15 is 0 Å². The van der Waals surface area contributed by atoms with Crippen LogP contribution < -0.4 is 11.1 Å². The van der Waals surface area contributed by atoms with E-state index in [4.69, 9.17) is 5.73 Å². The number of nitrogens with two attached hydrogens (primary N) is 1. The second kappa shape index (κ2) is 7.58. The summed E-state index contributed by atoms with van der Waals surface area (Å²) < 4.78 is 0. The van der Waals surface area contributed by atoms with E-state index in [9.17, 15) is 0 Å². The van der Waals surface area contributed by atoms with Crippen molar-refractivity contribution in [3.8, 4) is 0 Å². The maximum Gasteiger partial charge on any atom is 0.193 e. The molecule has 110 valence electrons. The van der Waals surface area contributed by atoms with Crippen LogP contribution in [-0.4, -0.2) is 23.5 Å². The number of hydrogen-bond donors (Lipinski definition) is 2. The van der Waals surface area contributed by atoms with Gasteiger partial charge < -0.3 is 11.1 Å². The average molecular weight is 291 g/mol. The molecule has 1 unspecified atom stereocenters. The van der Waals surface area contributed by atoms with Crippen LogP contribution in [0.3, 0.4) is 0 Å². The summed E-state index contributed by atoms with van der Waals surface area (Å²) in [5.74, 6) is 1.82. The van der Waals surface area contributed by atoms with Gasteiger partial charge in [0, 0.05) is 10.9 Å². The highest BCUT2D eigenvalue weighted by Crippen LogP contribution is 2.26. The Kier molecular flexibility index (Phi) is 5.77. The van der Waals surface area contributed by atoms with Crippen molar-refractivity contribution >= 4 is 23.4 Å². The molecule has 0 amide bonds. The molecule has 1 aliphatic rings. The fraction of sp³-hybridized carbons (Fsp3) is 0.562. The molecule has 0 spiro atoms. The van der Waals surface area contributed by atoms with Crippen LogP contribution in [0.1, 0.15) is 37.8 Å². The number of aliphatic imine (C=N–C) groups is 1. The van der Waals surface area contributed by atoms with Gasteiger partial charge in [0.05, 0.1) is 6.54 Å². The summed E-state index contributed by atoms with van der Waals surface area (Å²) >= 11 is 2.02. The number of para-hydroxylation sites is 1. The van der Waals surface area contributed by atoms with Crippen LogP contribution >= 0.6 is 11.8 Å². The highest BCUT2D eigenvalue weighted by molar-refractivity contribution is 8.00. The molecule has 1 fully saturated rings. The first kappa shape index (κ1) is 15.2. The lowest BCUT2D eigenvalue weighted by atomic mass is 10.0. The number of hydrogen-bond acceptors (Lipinski definition) is 2. The van der Waals surface area contributed by atoms with Crippen LogP contribution in [0.4, 0.5) is 5.69 Å². The van der Waals surface area contributed by atoms with Crippen LogP contribution in [0.15, 0.2) is 23.2 Å². The molecule has 0 bridgehead atoms. The van der Waals surface area contributed by atoms with Gasteiger partial charge in [-0.05, 0) is 42.6 Å². The third-order valence-corrected chi connectivity index (χ3v) is 5.12. The molecule has 1 aromatic rings. The number of rotatable bonds is 5. The van der Waals surface area contributed by atoms with Gasteiger partial charge in [0.25, 0.3) is 0 Å². The van der Waals surface area contributed by atoms with Crippen molar-refractivity contribution in [2.75, 3.05) is 17.6 Å². The van der Waals surface area contributed by atoms with Crippen molar-refractivity contribution in [3.63, 3.8) is 0 Å². The molecule has 3 N–H and O–H groups in total. The van der Waals surface area contributed by atoms with E-state index in [1.54, 1.807) is 0 Å². The van der Waals surface area contributed by atoms with Gasteiger partial charge in [-0.15, -0.1) is 0 Å². The Hall–Kier alpha value is -1.16. The predicted molar refractivity (Wildman–Crippen MR) is 90.8 cm³/mol. The van der Waals surface area contributed by atoms with E-state index in [0.717, 1.165) is 25.1 Å². The number of nitrogens with zero attached hydrogens (tertiary/aromatic N) is 1. The first-order chi connectivity index (χ1) is 9.74. The van der Waals surface area contributed by atoms with Gasteiger partial charge in [-0.25, -0.2) is 0 Å². The Balaban J connectivity index is 2.05. The molecule has 4 heteroatoms. The number of nitrogens with one attached hydrogen (secondary N) is 1. The summed E-state index contributed by atoms with van der Waals surface area (Å²) in [5.41, 5.74) is 9.82. The topological polar surface area (TPSA) is 50.4 Å². The van der Waals surface area contributed by atoms with Crippen molar-refractivity contribution in [3.05, 3.63) is 29.3 Å². The minimum atomic E-state index is 0.549. The third kappa shape index (κ3) is 3.92. The van der Waals surface area contributed by atoms with E-state index in [0.29, 0.717) is 11.2 Å². The van der Waals surface area contributed by atoms with Gasteiger partial charge in [0.15, 0.2) is 5.96 Å². The van der Waals surface area contributed by atoms with Gasteiger partial charge in [-0.3, -0.25) is 4.99 Å². The second-order valence-electron chi connectivity index (χ2n) is 5.14. The molecule has 0 aliphatic carbocycles. The summed E-state index contributed by atoms with van der Waals surface area (Å²) in [7, 11) is 0. The molecular weight excluding hydrogens is 266 g/mol. The minimum absolute atomic E-state index is 0.549. The molecule has 1 saturated heterocycles. The molecule has 1 heterocycles. The Morgan fingerprint density at radius 1 is 1.35 bits per heavy atom. The van der Waals surface area contributed by atoms with Crippen molar-refractivity contribution < 1.29 is 0 Å². The largest absolute Gasteiger partial charge is 0.370 e.